The normalized spacial score (nSPS) is 17.1. The number of aliphatic carboxylic acids is 1. The minimum absolute atomic E-state index is 0.419. The molecule has 0 saturated carbocycles. The van der Waals surface area contributed by atoms with Crippen molar-refractivity contribution >= 4 is 16.1 Å². The second-order valence-corrected chi connectivity index (χ2v) is 4.41. The number of carboxylic acids is 1. The van der Waals surface area contributed by atoms with E-state index < -0.39 is 33.6 Å². The van der Waals surface area contributed by atoms with E-state index in [2.05, 4.69) is 4.18 Å². The van der Waals surface area contributed by atoms with E-state index in [0.29, 0.717) is 0 Å². The number of rotatable bonds is 4. The van der Waals surface area contributed by atoms with E-state index >= 15 is 0 Å². The maximum absolute atomic E-state index is 11.9. The molecule has 5 nitrogen and oxygen atoms in total. The van der Waals surface area contributed by atoms with Crippen LogP contribution in [-0.2, 0) is 19.1 Å². The Bertz CT molecular complexity index is 346. The smallest absolute Gasteiger partial charge is 0.479 e. The van der Waals surface area contributed by atoms with Crippen LogP contribution in [0.15, 0.2) is 0 Å². The standard InChI is InChI=1S/C6H9F3O5S/c1-3-5(2,4(10)11)14-15(12,13)6(7,8)9/h3H2,1-2H3,(H,10,11)/t5-/m0/s1. The Balaban J connectivity index is 5.12. The third-order valence-electron chi connectivity index (χ3n) is 1.70. The number of carboxylic acid groups (broad SMARTS) is 1. The zero-order valence-electron chi connectivity index (χ0n) is 7.83. The molecule has 0 spiro atoms. The molecule has 0 bridgehead atoms. The van der Waals surface area contributed by atoms with Crippen molar-refractivity contribution in [1.29, 1.82) is 0 Å². The third kappa shape index (κ3) is 3.06. The van der Waals surface area contributed by atoms with Crippen LogP contribution in [0.2, 0.25) is 0 Å². The number of hydrogen-bond acceptors (Lipinski definition) is 4. The van der Waals surface area contributed by atoms with Crippen LogP contribution in [0, 0.1) is 0 Å². The summed E-state index contributed by atoms with van der Waals surface area (Å²) in [5, 5.41) is 8.50. The van der Waals surface area contributed by atoms with Crippen molar-refractivity contribution < 1.29 is 35.7 Å². The lowest BCUT2D eigenvalue weighted by Gasteiger charge is -2.23. The molecule has 15 heavy (non-hydrogen) atoms. The fourth-order valence-electron chi connectivity index (χ4n) is 0.535. The van der Waals surface area contributed by atoms with Crippen molar-refractivity contribution in [1.82, 2.24) is 0 Å². The monoisotopic (exact) mass is 250 g/mol. The summed E-state index contributed by atoms with van der Waals surface area (Å²) in [4.78, 5) is 10.5. The lowest BCUT2D eigenvalue weighted by Crippen LogP contribution is -2.43. The predicted molar refractivity (Wildman–Crippen MR) is 42.4 cm³/mol. The highest BCUT2D eigenvalue weighted by molar-refractivity contribution is 7.87. The SMILES string of the molecule is CC[C@](C)(OS(=O)(=O)C(F)(F)F)C(=O)O. The van der Waals surface area contributed by atoms with Crippen molar-refractivity contribution in [3.63, 3.8) is 0 Å². The first-order valence-electron chi connectivity index (χ1n) is 3.71. The molecule has 0 unspecified atom stereocenters. The van der Waals surface area contributed by atoms with Gasteiger partial charge in [0.05, 0.1) is 0 Å². The van der Waals surface area contributed by atoms with Gasteiger partial charge in [-0.3, -0.25) is 0 Å². The first-order valence-corrected chi connectivity index (χ1v) is 5.12. The van der Waals surface area contributed by atoms with E-state index in [1.807, 2.05) is 0 Å². The lowest BCUT2D eigenvalue weighted by atomic mass is 10.1. The molecule has 90 valence electrons. The summed E-state index contributed by atoms with van der Waals surface area (Å²) in [6, 6.07) is 0. The highest BCUT2D eigenvalue weighted by atomic mass is 32.2. The van der Waals surface area contributed by atoms with Gasteiger partial charge < -0.3 is 5.11 Å². The second kappa shape index (κ2) is 3.97. The average Bonchev–Trinajstić information content (AvgIpc) is 2.00. The Morgan fingerprint density at radius 3 is 2.00 bits per heavy atom. The van der Waals surface area contributed by atoms with Crippen LogP contribution in [-0.4, -0.2) is 30.6 Å². The van der Waals surface area contributed by atoms with Crippen LogP contribution in [0.4, 0.5) is 13.2 Å². The molecule has 0 aliphatic heterocycles. The molecular formula is C6H9F3O5S. The quantitative estimate of drug-likeness (QED) is 0.597. The molecule has 0 amide bonds. The lowest BCUT2D eigenvalue weighted by molar-refractivity contribution is -0.155. The number of alkyl halides is 3. The Morgan fingerprint density at radius 1 is 1.40 bits per heavy atom. The number of hydrogen-bond donors (Lipinski definition) is 1. The van der Waals surface area contributed by atoms with Gasteiger partial charge in [0, 0.05) is 0 Å². The van der Waals surface area contributed by atoms with E-state index in [1.165, 1.54) is 6.92 Å². The van der Waals surface area contributed by atoms with Crippen LogP contribution in [0.3, 0.4) is 0 Å². The summed E-state index contributed by atoms with van der Waals surface area (Å²) in [6.07, 6.45) is -0.419. The van der Waals surface area contributed by atoms with Gasteiger partial charge in [-0.2, -0.15) is 21.6 Å². The van der Waals surface area contributed by atoms with E-state index in [0.717, 1.165) is 6.92 Å². The van der Waals surface area contributed by atoms with Crippen LogP contribution in [0.25, 0.3) is 0 Å². The molecule has 0 aliphatic carbocycles. The molecule has 0 aromatic rings. The van der Waals surface area contributed by atoms with Crippen molar-refractivity contribution in [2.24, 2.45) is 0 Å². The van der Waals surface area contributed by atoms with Crippen molar-refractivity contribution in [2.75, 3.05) is 0 Å². The van der Waals surface area contributed by atoms with Crippen molar-refractivity contribution in [3.05, 3.63) is 0 Å². The average molecular weight is 250 g/mol. The van der Waals surface area contributed by atoms with Gasteiger partial charge in [0.15, 0.2) is 5.60 Å². The summed E-state index contributed by atoms with van der Waals surface area (Å²) in [6.45, 7) is 1.94. The van der Waals surface area contributed by atoms with Crippen LogP contribution in [0.1, 0.15) is 20.3 Å². The third-order valence-corrected chi connectivity index (χ3v) is 2.86. The molecule has 0 aliphatic rings. The molecule has 1 N–H and O–H groups in total. The maximum Gasteiger partial charge on any atom is 0.523 e. The summed E-state index contributed by atoms with van der Waals surface area (Å²) in [7, 11) is -5.89. The molecule has 1 atom stereocenters. The first-order chi connectivity index (χ1) is 6.46. The summed E-state index contributed by atoms with van der Waals surface area (Å²) in [5.74, 6) is -1.78. The largest absolute Gasteiger partial charge is 0.523 e. The van der Waals surface area contributed by atoms with Gasteiger partial charge in [-0.25, -0.2) is 8.98 Å². The van der Waals surface area contributed by atoms with Crippen molar-refractivity contribution in [2.45, 2.75) is 31.4 Å². The summed E-state index contributed by atoms with van der Waals surface area (Å²) < 4.78 is 60.3. The second-order valence-electron chi connectivity index (χ2n) is 2.87. The van der Waals surface area contributed by atoms with Gasteiger partial charge in [-0.15, -0.1) is 0 Å². The fourth-order valence-corrected chi connectivity index (χ4v) is 1.30. The fraction of sp³-hybridized carbons (Fsp3) is 0.833. The Labute approximate surface area is 84.0 Å². The highest BCUT2D eigenvalue weighted by Gasteiger charge is 2.52. The molecule has 0 heterocycles. The van der Waals surface area contributed by atoms with Gasteiger partial charge in [0.25, 0.3) is 0 Å². The van der Waals surface area contributed by atoms with Gasteiger partial charge in [0.2, 0.25) is 0 Å². The van der Waals surface area contributed by atoms with Crippen molar-refractivity contribution in [3.8, 4) is 0 Å². The van der Waals surface area contributed by atoms with Crippen LogP contribution >= 0.6 is 0 Å². The molecule has 0 rings (SSSR count). The maximum atomic E-state index is 11.9. The Morgan fingerprint density at radius 2 is 1.80 bits per heavy atom. The topological polar surface area (TPSA) is 80.7 Å². The van der Waals surface area contributed by atoms with Crippen LogP contribution < -0.4 is 0 Å². The molecule has 0 aromatic carbocycles. The van der Waals surface area contributed by atoms with E-state index in [4.69, 9.17) is 5.11 Å². The highest BCUT2D eigenvalue weighted by Crippen LogP contribution is 2.30. The van der Waals surface area contributed by atoms with Crippen LogP contribution in [0.5, 0.6) is 0 Å². The molecule has 0 radical (unpaired) electrons. The Hall–Kier alpha value is -0.830. The van der Waals surface area contributed by atoms with Gasteiger partial charge >= 0.3 is 21.6 Å². The Kier molecular flexibility index (Phi) is 3.75. The predicted octanol–water partition coefficient (Wildman–Crippen LogP) is 1.11. The zero-order valence-corrected chi connectivity index (χ0v) is 8.65. The van der Waals surface area contributed by atoms with Gasteiger partial charge in [-0.05, 0) is 13.3 Å². The minimum Gasteiger partial charge on any atom is -0.479 e. The number of carbonyl (C=O) groups is 1. The molecular weight excluding hydrogens is 241 g/mol. The number of halogens is 3. The summed E-state index contributed by atoms with van der Waals surface area (Å²) >= 11 is 0. The molecule has 0 fully saturated rings. The summed E-state index contributed by atoms with van der Waals surface area (Å²) in [5.41, 5.74) is -8.03. The minimum atomic E-state index is -5.89. The van der Waals surface area contributed by atoms with Gasteiger partial charge in [0.1, 0.15) is 0 Å². The van der Waals surface area contributed by atoms with E-state index in [9.17, 15) is 26.4 Å². The van der Waals surface area contributed by atoms with E-state index in [-0.39, 0.29) is 0 Å². The van der Waals surface area contributed by atoms with Gasteiger partial charge in [-0.1, -0.05) is 6.92 Å². The molecule has 0 saturated heterocycles. The van der Waals surface area contributed by atoms with E-state index in [1.54, 1.807) is 0 Å². The first kappa shape index (κ1) is 14.2. The molecule has 9 heteroatoms. The zero-order chi connectivity index (χ0) is 12.5. The molecule has 0 aromatic heterocycles.